The van der Waals surface area contributed by atoms with Crippen molar-refractivity contribution in [3.63, 3.8) is 0 Å². The molecule has 26 heavy (non-hydrogen) atoms. The van der Waals surface area contributed by atoms with Gasteiger partial charge in [-0.2, -0.15) is 0 Å². The molecule has 0 unspecified atom stereocenters. The molecule has 0 radical (unpaired) electrons. The molecule has 1 saturated heterocycles. The summed E-state index contributed by atoms with van der Waals surface area (Å²) in [6.07, 6.45) is 9.93. The lowest BCUT2D eigenvalue weighted by Gasteiger charge is -2.32. The number of hydrogen-bond donors (Lipinski definition) is 0. The monoisotopic (exact) mass is 372 g/mol. The van der Waals surface area contributed by atoms with E-state index in [1.165, 1.54) is 25.7 Å². The standard InChI is InChI=1S/C20H36O6/c1-2-6-18-17(5-1)23-13-9-21-11-15-25-19-7-3-4-8-20(19)26-16-12-22-10-14-24-18/h17-20H,1-16H2/t17-,18-,19-,20-/m1/s1. The summed E-state index contributed by atoms with van der Waals surface area (Å²) in [6, 6.07) is 0. The molecule has 2 aliphatic carbocycles. The smallest absolute Gasteiger partial charge is 0.0837 e. The molecule has 2 saturated carbocycles. The van der Waals surface area contributed by atoms with Gasteiger partial charge in [-0.05, 0) is 25.7 Å². The van der Waals surface area contributed by atoms with E-state index in [9.17, 15) is 0 Å². The van der Waals surface area contributed by atoms with Gasteiger partial charge in [0.2, 0.25) is 0 Å². The molecule has 6 nitrogen and oxygen atoms in total. The Morgan fingerprint density at radius 3 is 0.885 bits per heavy atom. The van der Waals surface area contributed by atoms with Crippen LogP contribution in [0.4, 0.5) is 0 Å². The summed E-state index contributed by atoms with van der Waals surface area (Å²) in [5, 5.41) is 0. The molecule has 0 amide bonds. The van der Waals surface area contributed by atoms with E-state index in [1.54, 1.807) is 0 Å². The Bertz CT molecular complexity index is 300. The summed E-state index contributed by atoms with van der Waals surface area (Å²) in [5.74, 6) is 0. The zero-order valence-corrected chi connectivity index (χ0v) is 16.1. The van der Waals surface area contributed by atoms with Crippen molar-refractivity contribution in [1.82, 2.24) is 0 Å². The quantitative estimate of drug-likeness (QED) is 0.652. The first-order chi connectivity index (χ1) is 12.9. The van der Waals surface area contributed by atoms with Crippen molar-refractivity contribution in [3.05, 3.63) is 0 Å². The van der Waals surface area contributed by atoms with E-state index < -0.39 is 0 Å². The summed E-state index contributed by atoms with van der Waals surface area (Å²) in [6.45, 7) is 4.93. The molecular weight excluding hydrogens is 336 g/mol. The van der Waals surface area contributed by atoms with Gasteiger partial charge in [-0.3, -0.25) is 0 Å². The number of fused-ring (bicyclic) bond motifs is 2. The summed E-state index contributed by atoms with van der Waals surface area (Å²) in [4.78, 5) is 0. The maximum absolute atomic E-state index is 6.03. The molecule has 0 bridgehead atoms. The second-order valence-electron chi connectivity index (χ2n) is 7.43. The summed E-state index contributed by atoms with van der Waals surface area (Å²) in [5.41, 5.74) is 0. The highest BCUT2D eigenvalue weighted by Crippen LogP contribution is 2.25. The van der Waals surface area contributed by atoms with Gasteiger partial charge in [0, 0.05) is 0 Å². The first kappa shape index (κ1) is 20.5. The Labute approximate surface area is 157 Å². The van der Waals surface area contributed by atoms with Gasteiger partial charge in [-0.25, -0.2) is 0 Å². The molecule has 6 heteroatoms. The van der Waals surface area contributed by atoms with Crippen molar-refractivity contribution in [1.29, 1.82) is 0 Å². The van der Waals surface area contributed by atoms with Crippen molar-refractivity contribution >= 4 is 0 Å². The van der Waals surface area contributed by atoms with E-state index in [0.717, 1.165) is 25.7 Å². The Kier molecular flexibility index (Phi) is 9.67. The Hall–Kier alpha value is -0.240. The molecule has 3 rings (SSSR count). The van der Waals surface area contributed by atoms with Crippen LogP contribution in [-0.2, 0) is 28.4 Å². The fourth-order valence-corrected chi connectivity index (χ4v) is 4.13. The summed E-state index contributed by atoms with van der Waals surface area (Å²) < 4.78 is 35.5. The van der Waals surface area contributed by atoms with Gasteiger partial charge < -0.3 is 28.4 Å². The lowest BCUT2D eigenvalue weighted by molar-refractivity contribution is -0.129. The zero-order valence-electron chi connectivity index (χ0n) is 16.1. The maximum atomic E-state index is 6.03. The third kappa shape index (κ3) is 7.06. The van der Waals surface area contributed by atoms with E-state index in [4.69, 9.17) is 28.4 Å². The molecule has 0 spiro atoms. The Morgan fingerprint density at radius 2 is 0.615 bits per heavy atom. The minimum absolute atomic E-state index is 0.189. The van der Waals surface area contributed by atoms with Gasteiger partial charge >= 0.3 is 0 Å². The molecule has 1 heterocycles. The van der Waals surface area contributed by atoms with Crippen LogP contribution in [0.1, 0.15) is 51.4 Å². The van der Waals surface area contributed by atoms with Crippen LogP contribution in [0.15, 0.2) is 0 Å². The largest absolute Gasteiger partial charge is 0.377 e. The molecule has 4 atom stereocenters. The average Bonchev–Trinajstić information content (AvgIpc) is 2.68. The highest BCUT2D eigenvalue weighted by Gasteiger charge is 2.27. The normalized spacial score (nSPS) is 36.9. The minimum Gasteiger partial charge on any atom is -0.377 e. The van der Waals surface area contributed by atoms with E-state index in [0.29, 0.717) is 52.9 Å². The van der Waals surface area contributed by atoms with Crippen LogP contribution in [0.2, 0.25) is 0 Å². The maximum Gasteiger partial charge on any atom is 0.0837 e. The highest BCUT2D eigenvalue weighted by atomic mass is 16.6. The predicted octanol–water partition coefficient (Wildman–Crippen LogP) is 2.72. The Balaban J connectivity index is 1.44. The lowest BCUT2D eigenvalue weighted by atomic mass is 9.94. The number of ether oxygens (including phenoxy) is 6. The van der Waals surface area contributed by atoms with Crippen molar-refractivity contribution in [2.45, 2.75) is 75.8 Å². The Morgan fingerprint density at radius 1 is 0.346 bits per heavy atom. The van der Waals surface area contributed by atoms with Crippen molar-refractivity contribution in [2.24, 2.45) is 0 Å². The molecule has 0 aromatic rings. The topological polar surface area (TPSA) is 55.4 Å². The molecule has 3 aliphatic rings. The molecule has 0 aromatic heterocycles. The fraction of sp³-hybridized carbons (Fsp3) is 1.00. The lowest BCUT2D eigenvalue weighted by Crippen LogP contribution is -2.37. The van der Waals surface area contributed by atoms with Gasteiger partial charge in [-0.1, -0.05) is 25.7 Å². The van der Waals surface area contributed by atoms with Crippen LogP contribution in [0.25, 0.3) is 0 Å². The third-order valence-electron chi connectivity index (χ3n) is 5.52. The molecule has 3 fully saturated rings. The average molecular weight is 373 g/mol. The number of rotatable bonds is 0. The van der Waals surface area contributed by atoms with Gasteiger partial charge in [0.25, 0.3) is 0 Å². The fourth-order valence-electron chi connectivity index (χ4n) is 4.13. The number of hydrogen-bond acceptors (Lipinski definition) is 6. The van der Waals surface area contributed by atoms with Gasteiger partial charge in [0.05, 0.1) is 77.3 Å². The highest BCUT2D eigenvalue weighted by molar-refractivity contribution is 4.77. The van der Waals surface area contributed by atoms with Crippen molar-refractivity contribution < 1.29 is 28.4 Å². The van der Waals surface area contributed by atoms with Gasteiger partial charge in [0.1, 0.15) is 0 Å². The van der Waals surface area contributed by atoms with E-state index in [-0.39, 0.29) is 24.4 Å². The van der Waals surface area contributed by atoms with Crippen LogP contribution in [0.3, 0.4) is 0 Å². The first-order valence-corrected chi connectivity index (χ1v) is 10.6. The van der Waals surface area contributed by atoms with Crippen LogP contribution in [0.5, 0.6) is 0 Å². The minimum atomic E-state index is 0.189. The van der Waals surface area contributed by atoms with E-state index in [1.807, 2.05) is 0 Å². The summed E-state index contributed by atoms with van der Waals surface area (Å²) >= 11 is 0. The first-order valence-electron chi connectivity index (χ1n) is 10.6. The van der Waals surface area contributed by atoms with Crippen LogP contribution < -0.4 is 0 Å². The van der Waals surface area contributed by atoms with E-state index in [2.05, 4.69) is 0 Å². The second kappa shape index (κ2) is 12.3. The third-order valence-corrected chi connectivity index (χ3v) is 5.52. The summed E-state index contributed by atoms with van der Waals surface area (Å²) in [7, 11) is 0. The SMILES string of the molecule is C1CC[C@H]2OCCOCCO[C@@H]3CCCC[C@H]3OCCOCCO[C@@H]2C1. The predicted molar refractivity (Wildman–Crippen MR) is 97.5 cm³/mol. The van der Waals surface area contributed by atoms with Crippen LogP contribution >= 0.6 is 0 Å². The zero-order chi connectivity index (χ0) is 17.9. The van der Waals surface area contributed by atoms with E-state index >= 15 is 0 Å². The van der Waals surface area contributed by atoms with Crippen LogP contribution in [0, 0.1) is 0 Å². The molecule has 152 valence electrons. The van der Waals surface area contributed by atoms with Crippen molar-refractivity contribution in [2.75, 3.05) is 52.9 Å². The van der Waals surface area contributed by atoms with Gasteiger partial charge in [-0.15, -0.1) is 0 Å². The molecular formula is C20H36O6. The van der Waals surface area contributed by atoms with Gasteiger partial charge in [0.15, 0.2) is 0 Å². The van der Waals surface area contributed by atoms with Crippen LogP contribution in [-0.4, -0.2) is 77.3 Å². The molecule has 0 aromatic carbocycles. The molecule has 1 aliphatic heterocycles. The second-order valence-corrected chi connectivity index (χ2v) is 7.43. The van der Waals surface area contributed by atoms with Crippen molar-refractivity contribution in [3.8, 4) is 0 Å². The molecule has 0 N–H and O–H groups in total.